The van der Waals surface area contributed by atoms with Gasteiger partial charge in [-0.2, -0.15) is 0 Å². The number of rotatable bonds is 4. The van der Waals surface area contributed by atoms with Crippen molar-refractivity contribution in [2.45, 2.75) is 18.8 Å². The molecule has 1 atom stereocenters. The van der Waals surface area contributed by atoms with Gasteiger partial charge in [0.2, 0.25) is 0 Å². The molecule has 0 aliphatic rings. The van der Waals surface area contributed by atoms with Gasteiger partial charge in [-0.05, 0) is 31.0 Å². The molecular weight excluding hydrogens is 222 g/mol. The summed E-state index contributed by atoms with van der Waals surface area (Å²) in [4.78, 5) is 15.3. The maximum atomic E-state index is 11.3. The van der Waals surface area contributed by atoms with Gasteiger partial charge in [0, 0.05) is 6.61 Å². The third kappa shape index (κ3) is 1.89. The SMILES string of the molecule is CC(CCO)(C(=O)O)c1ccc2ncoc2c1. The number of hydrogen-bond donors (Lipinski definition) is 2. The zero-order valence-corrected chi connectivity index (χ0v) is 9.38. The van der Waals surface area contributed by atoms with E-state index >= 15 is 0 Å². The molecule has 0 radical (unpaired) electrons. The summed E-state index contributed by atoms with van der Waals surface area (Å²) >= 11 is 0. The van der Waals surface area contributed by atoms with Crippen LogP contribution in [0.25, 0.3) is 11.1 Å². The molecule has 0 amide bonds. The average Bonchev–Trinajstić information content (AvgIpc) is 2.75. The van der Waals surface area contributed by atoms with E-state index in [1.807, 2.05) is 0 Å². The number of aliphatic hydroxyl groups is 1. The maximum absolute atomic E-state index is 11.3. The third-order valence-electron chi connectivity index (χ3n) is 3.05. The second-order valence-corrected chi connectivity index (χ2v) is 4.15. The Morgan fingerprint density at radius 2 is 2.29 bits per heavy atom. The molecule has 90 valence electrons. The van der Waals surface area contributed by atoms with Gasteiger partial charge in [0.25, 0.3) is 0 Å². The van der Waals surface area contributed by atoms with Crippen LogP contribution in [0.15, 0.2) is 29.0 Å². The number of aliphatic hydroxyl groups excluding tert-OH is 1. The van der Waals surface area contributed by atoms with Crippen LogP contribution in [0.1, 0.15) is 18.9 Å². The van der Waals surface area contributed by atoms with Crippen molar-refractivity contribution < 1.29 is 19.4 Å². The number of carboxylic acids is 1. The molecule has 0 saturated carbocycles. The number of oxazole rings is 1. The number of nitrogens with zero attached hydrogens (tertiary/aromatic N) is 1. The Bertz CT molecular complexity index is 548. The van der Waals surface area contributed by atoms with Crippen molar-refractivity contribution in [3.05, 3.63) is 30.2 Å². The number of fused-ring (bicyclic) bond motifs is 1. The fraction of sp³-hybridized carbons (Fsp3) is 0.333. The molecule has 0 fully saturated rings. The Kier molecular flexibility index (Phi) is 2.85. The fourth-order valence-electron chi connectivity index (χ4n) is 1.80. The molecule has 2 aromatic rings. The first-order chi connectivity index (χ1) is 8.08. The standard InChI is InChI=1S/C12H13NO4/c1-12(4-5-14,11(15)16)8-2-3-9-10(6-8)17-7-13-9/h2-3,6-7,14H,4-5H2,1H3,(H,15,16). The molecular formula is C12H13NO4. The highest BCUT2D eigenvalue weighted by Crippen LogP contribution is 2.30. The first kappa shape index (κ1) is 11.6. The average molecular weight is 235 g/mol. The van der Waals surface area contributed by atoms with E-state index in [1.165, 1.54) is 6.39 Å². The minimum atomic E-state index is -1.12. The molecule has 0 bridgehead atoms. The molecule has 0 spiro atoms. The molecule has 5 nitrogen and oxygen atoms in total. The lowest BCUT2D eigenvalue weighted by Gasteiger charge is -2.24. The Morgan fingerprint density at radius 3 is 2.94 bits per heavy atom. The minimum Gasteiger partial charge on any atom is -0.481 e. The van der Waals surface area contributed by atoms with Crippen LogP contribution in [-0.2, 0) is 10.2 Å². The van der Waals surface area contributed by atoms with Crippen LogP contribution in [0.5, 0.6) is 0 Å². The van der Waals surface area contributed by atoms with Crippen LogP contribution < -0.4 is 0 Å². The van der Waals surface area contributed by atoms with Gasteiger partial charge < -0.3 is 14.6 Å². The van der Waals surface area contributed by atoms with Crippen LogP contribution in [0.3, 0.4) is 0 Å². The van der Waals surface area contributed by atoms with Crippen molar-refractivity contribution in [3.63, 3.8) is 0 Å². The summed E-state index contributed by atoms with van der Waals surface area (Å²) < 4.78 is 5.15. The van der Waals surface area contributed by atoms with Crippen LogP contribution >= 0.6 is 0 Å². The maximum Gasteiger partial charge on any atom is 0.313 e. The summed E-state index contributed by atoms with van der Waals surface area (Å²) in [6, 6.07) is 5.08. The zero-order valence-electron chi connectivity index (χ0n) is 9.38. The summed E-state index contributed by atoms with van der Waals surface area (Å²) in [6.45, 7) is 1.40. The summed E-state index contributed by atoms with van der Waals surface area (Å²) in [6.07, 6.45) is 1.47. The molecule has 0 aliphatic heterocycles. The first-order valence-corrected chi connectivity index (χ1v) is 5.26. The normalized spacial score (nSPS) is 14.7. The van der Waals surface area contributed by atoms with E-state index in [0.717, 1.165) is 0 Å². The molecule has 1 aromatic heterocycles. The molecule has 1 heterocycles. The van der Waals surface area contributed by atoms with Crippen molar-refractivity contribution in [1.82, 2.24) is 4.98 Å². The van der Waals surface area contributed by atoms with Crippen molar-refractivity contribution >= 4 is 17.1 Å². The van der Waals surface area contributed by atoms with Crippen molar-refractivity contribution in [2.75, 3.05) is 6.61 Å². The predicted octanol–water partition coefficient (Wildman–Crippen LogP) is 1.55. The summed E-state index contributed by atoms with van der Waals surface area (Å²) in [7, 11) is 0. The highest BCUT2D eigenvalue weighted by Gasteiger charge is 2.34. The monoisotopic (exact) mass is 235 g/mol. The van der Waals surface area contributed by atoms with E-state index in [2.05, 4.69) is 4.98 Å². The number of hydrogen-bond acceptors (Lipinski definition) is 4. The zero-order chi connectivity index (χ0) is 12.5. The van der Waals surface area contributed by atoms with Gasteiger partial charge in [-0.1, -0.05) is 6.07 Å². The van der Waals surface area contributed by atoms with E-state index in [0.29, 0.717) is 16.7 Å². The van der Waals surface area contributed by atoms with E-state index in [-0.39, 0.29) is 13.0 Å². The molecule has 17 heavy (non-hydrogen) atoms. The van der Waals surface area contributed by atoms with Crippen molar-refractivity contribution in [2.24, 2.45) is 0 Å². The second kappa shape index (κ2) is 4.18. The number of carbonyl (C=O) groups is 1. The fourth-order valence-corrected chi connectivity index (χ4v) is 1.80. The lowest BCUT2D eigenvalue weighted by atomic mass is 9.80. The molecule has 1 aromatic carbocycles. The first-order valence-electron chi connectivity index (χ1n) is 5.26. The van der Waals surface area contributed by atoms with Gasteiger partial charge in [-0.15, -0.1) is 0 Å². The van der Waals surface area contributed by atoms with Gasteiger partial charge >= 0.3 is 5.97 Å². The third-order valence-corrected chi connectivity index (χ3v) is 3.05. The highest BCUT2D eigenvalue weighted by molar-refractivity contribution is 5.83. The van der Waals surface area contributed by atoms with E-state index in [9.17, 15) is 9.90 Å². The lowest BCUT2D eigenvalue weighted by molar-refractivity contribution is -0.143. The largest absolute Gasteiger partial charge is 0.481 e. The number of carboxylic acid groups (broad SMARTS) is 1. The van der Waals surface area contributed by atoms with Crippen LogP contribution in [0.4, 0.5) is 0 Å². The van der Waals surface area contributed by atoms with Gasteiger partial charge in [0.15, 0.2) is 12.0 Å². The van der Waals surface area contributed by atoms with E-state index in [4.69, 9.17) is 9.52 Å². The molecule has 0 aliphatic carbocycles. The van der Waals surface area contributed by atoms with Crippen LogP contribution in [-0.4, -0.2) is 27.8 Å². The number of aromatic nitrogens is 1. The molecule has 2 N–H and O–H groups in total. The predicted molar refractivity (Wildman–Crippen MR) is 60.7 cm³/mol. The highest BCUT2D eigenvalue weighted by atomic mass is 16.4. The Labute approximate surface area is 97.7 Å². The molecule has 2 rings (SSSR count). The molecule has 5 heteroatoms. The van der Waals surface area contributed by atoms with Gasteiger partial charge in [-0.25, -0.2) is 4.98 Å². The van der Waals surface area contributed by atoms with Crippen molar-refractivity contribution in [1.29, 1.82) is 0 Å². The Morgan fingerprint density at radius 1 is 1.53 bits per heavy atom. The van der Waals surface area contributed by atoms with Gasteiger partial charge in [0.1, 0.15) is 5.52 Å². The Hall–Kier alpha value is -1.88. The second-order valence-electron chi connectivity index (χ2n) is 4.15. The quantitative estimate of drug-likeness (QED) is 0.840. The lowest BCUT2D eigenvalue weighted by Crippen LogP contribution is -2.33. The minimum absolute atomic E-state index is 0.155. The molecule has 1 unspecified atom stereocenters. The number of aliphatic carboxylic acids is 1. The smallest absolute Gasteiger partial charge is 0.313 e. The van der Waals surface area contributed by atoms with E-state index < -0.39 is 11.4 Å². The van der Waals surface area contributed by atoms with Crippen LogP contribution in [0.2, 0.25) is 0 Å². The summed E-state index contributed by atoms with van der Waals surface area (Å²) in [5.41, 5.74) is 0.720. The van der Waals surface area contributed by atoms with Crippen molar-refractivity contribution in [3.8, 4) is 0 Å². The van der Waals surface area contributed by atoms with Crippen LogP contribution in [0, 0.1) is 0 Å². The summed E-state index contributed by atoms with van der Waals surface area (Å²) in [5.74, 6) is -0.967. The summed E-state index contributed by atoms with van der Waals surface area (Å²) in [5, 5.41) is 18.3. The van der Waals surface area contributed by atoms with Gasteiger partial charge in [0.05, 0.1) is 5.41 Å². The van der Waals surface area contributed by atoms with E-state index in [1.54, 1.807) is 25.1 Å². The number of benzene rings is 1. The topological polar surface area (TPSA) is 83.6 Å². The Balaban J connectivity index is 2.51. The van der Waals surface area contributed by atoms with Gasteiger partial charge in [-0.3, -0.25) is 4.79 Å². The molecule has 0 saturated heterocycles.